The number of nitrogens with zero attached hydrogens (tertiary/aromatic N) is 1. The van der Waals surface area contributed by atoms with Gasteiger partial charge in [0, 0.05) is 36.7 Å². The Bertz CT molecular complexity index is 422. The molecule has 1 atom stereocenters. The van der Waals surface area contributed by atoms with Crippen LogP contribution in [0.3, 0.4) is 0 Å². The molecule has 0 spiro atoms. The summed E-state index contributed by atoms with van der Waals surface area (Å²) in [4.78, 5) is 2.59. The van der Waals surface area contributed by atoms with E-state index in [-0.39, 0.29) is 0 Å². The van der Waals surface area contributed by atoms with E-state index in [1.165, 1.54) is 18.4 Å². The van der Waals surface area contributed by atoms with Gasteiger partial charge in [-0.1, -0.05) is 28.1 Å². The van der Waals surface area contributed by atoms with Crippen molar-refractivity contribution in [1.82, 2.24) is 10.2 Å². The molecular weight excluding hydrogens is 304 g/mol. The molecule has 19 heavy (non-hydrogen) atoms. The first-order valence-corrected chi connectivity index (χ1v) is 7.91. The number of morpholine rings is 1. The highest BCUT2D eigenvalue weighted by Gasteiger charge is 2.32. The number of halogens is 1. The van der Waals surface area contributed by atoms with Crippen molar-refractivity contribution in [3.05, 3.63) is 34.3 Å². The molecule has 3 nitrogen and oxygen atoms in total. The molecule has 1 aromatic rings. The molecule has 0 radical (unpaired) electrons. The van der Waals surface area contributed by atoms with Gasteiger partial charge < -0.3 is 10.1 Å². The summed E-state index contributed by atoms with van der Waals surface area (Å²) >= 11 is 3.50. The Morgan fingerprint density at radius 1 is 1.37 bits per heavy atom. The van der Waals surface area contributed by atoms with E-state index in [2.05, 4.69) is 50.4 Å². The fraction of sp³-hybridized carbons (Fsp3) is 0.600. The van der Waals surface area contributed by atoms with Gasteiger partial charge in [-0.3, -0.25) is 4.90 Å². The van der Waals surface area contributed by atoms with Gasteiger partial charge in [-0.2, -0.15) is 0 Å². The Morgan fingerprint density at radius 3 is 3.05 bits per heavy atom. The second kappa shape index (κ2) is 6.35. The molecule has 2 fully saturated rings. The SMILES string of the molecule is Brc1cccc(CNCC2CN(C3CC3)CCO2)c1. The second-order valence-electron chi connectivity index (χ2n) is 5.48. The van der Waals surface area contributed by atoms with Crippen molar-refractivity contribution < 1.29 is 4.74 Å². The topological polar surface area (TPSA) is 24.5 Å². The Morgan fingerprint density at radius 2 is 2.26 bits per heavy atom. The van der Waals surface area contributed by atoms with E-state index >= 15 is 0 Å². The van der Waals surface area contributed by atoms with E-state index < -0.39 is 0 Å². The van der Waals surface area contributed by atoms with E-state index in [4.69, 9.17) is 4.74 Å². The van der Waals surface area contributed by atoms with Gasteiger partial charge in [0.2, 0.25) is 0 Å². The van der Waals surface area contributed by atoms with Crippen molar-refractivity contribution in [3.8, 4) is 0 Å². The highest BCUT2D eigenvalue weighted by atomic mass is 79.9. The zero-order valence-corrected chi connectivity index (χ0v) is 12.7. The highest BCUT2D eigenvalue weighted by molar-refractivity contribution is 9.10. The van der Waals surface area contributed by atoms with Gasteiger partial charge in [-0.05, 0) is 30.5 Å². The summed E-state index contributed by atoms with van der Waals surface area (Å²) in [5, 5.41) is 3.51. The monoisotopic (exact) mass is 324 g/mol. The molecule has 4 heteroatoms. The van der Waals surface area contributed by atoms with Crippen molar-refractivity contribution >= 4 is 15.9 Å². The molecule has 1 heterocycles. The van der Waals surface area contributed by atoms with E-state index in [0.717, 1.165) is 43.3 Å². The third-order valence-electron chi connectivity index (χ3n) is 3.82. The van der Waals surface area contributed by atoms with Crippen LogP contribution in [0, 0.1) is 0 Å². The average molecular weight is 325 g/mol. The molecule has 104 valence electrons. The molecule has 2 aliphatic rings. The van der Waals surface area contributed by atoms with Crippen LogP contribution in [0.2, 0.25) is 0 Å². The molecule has 0 amide bonds. The lowest BCUT2D eigenvalue weighted by molar-refractivity contribution is -0.0301. The fourth-order valence-corrected chi connectivity index (χ4v) is 3.11. The Labute approximate surface area is 123 Å². The van der Waals surface area contributed by atoms with Crippen LogP contribution in [0.4, 0.5) is 0 Å². The van der Waals surface area contributed by atoms with Gasteiger partial charge in [-0.15, -0.1) is 0 Å². The molecule has 1 aliphatic carbocycles. The van der Waals surface area contributed by atoms with Gasteiger partial charge in [0.1, 0.15) is 0 Å². The lowest BCUT2D eigenvalue weighted by Gasteiger charge is -2.33. The Balaban J connectivity index is 1.41. The minimum Gasteiger partial charge on any atom is -0.374 e. The van der Waals surface area contributed by atoms with Crippen LogP contribution in [0.25, 0.3) is 0 Å². The van der Waals surface area contributed by atoms with Crippen LogP contribution in [0.5, 0.6) is 0 Å². The van der Waals surface area contributed by atoms with Gasteiger partial charge in [0.25, 0.3) is 0 Å². The van der Waals surface area contributed by atoms with Crippen molar-refractivity contribution in [2.75, 3.05) is 26.2 Å². The Kier molecular flexibility index (Phi) is 4.53. The van der Waals surface area contributed by atoms with Crippen molar-refractivity contribution in [3.63, 3.8) is 0 Å². The molecule has 1 aromatic carbocycles. The van der Waals surface area contributed by atoms with E-state index in [1.54, 1.807) is 0 Å². The van der Waals surface area contributed by atoms with E-state index in [0.29, 0.717) is 6.10 Å². The minimum atomic E-state index is 0.349. The first kappa shape index (κ1) is 13.6. The van der Waals surface area contributed by atoms with E-state index in [9.17, 15) is 0 Å². The van der Waals surface area contributed by atoms with Gasteiger partial charge in [0.15, 0.2) is 0 Å². The maximum atomic E-state index is 5.83. The number of rotatable bonds is 5. The first-order chi connectivity index (χ1) is 9.31. The summed E-state index contributed by atoms with van der Waals surface area (Å²) in [6.07, 6.45) is 3.12. The lowest BCUT2D eigenvalue weighted by Crippen LogP contribution is -2.47. The summed E-state index contributed by atoms with van der Waals surface area (Å²) in [5.41, 5.74) is 1.31. The van der Waals surface area contributed by atoms with Crippen molar-refractivity contribution in [2.45, 2.75) is 31.5 Å². The summed E-state index contributed by atoms with van der Waals surface area (Å²) < 4.78 is 6.97. The number of hydrogen-bond acceptors (Lipinski definition) is 3. The standard InChI is InChI=1S/C15H21BrN2O/c16-13-3-1-2-12(8-13)9-17-10-15-11-18(6-7-19-15)14-4-5-14/h1-3,8,14-15,17H,4-7,9-11H2. The van der Waals surface area contributed by atoms with Gasteiger partial charge in [0.05, 0.1) is 12.7 Å². The highest BCUT2D eigenvalue weighted by Crippen LogP contribution is 2.28. The molecule has 1 saturated heterocycles. The lowest BCUT2D eigenvalue weighted by atomic mass is 10.2. The smallest absolute Gasteiger partial charge is 0.0826 e. The molecule has 1 N–H and O–H groups in total. The number of benzene rings is 1. The number of ether oxygens (including phenoxy) is 1. The first-order valence-electron chi connectivity index (χ1n) is 7.12. The summed E-state index contributed by atoms with van der Waals surface area (Å²) in [5.74, 6) is 0. The quantitative estimate of drug-likeness (QED) is 0.900. The van der Waals surface area contributed by atoms with Crippen molar-refractivity contribution in [1.29, 1.82) is 0 Å². The number of nitrogens with one attached hydrogen (secondary N) is 1. The normalized spacial score (nSPS) is 24.6. The second-order valence-corrected chi connectivity index (χ2v) is 6.40. The predicted octanol–water partition coefficient (Wildman–Crippen LogP) is 2.40. The molecule has 1 unspecified atom stereocenters. The molecule has 1 saturated carbocycles. The van der Waals surface area contributed by atoms with Crippen LogP contribution in [-0.2, 0) is 11.3 Å². The molecular formula is C15H21BrN2O. The zero-order valence-electron chi connectivity index (χ0n) is 11.1. The molecule has 1 aliphatic heterocycles. The Hall–Kier alpha value is -0.420. The summed E-state index contributed by atoms with van der Waals surface area (Å²) in [6.45, 7) is 4.95. The third kappa shape index (κ3) is 4.02. The van der Waals surface area contributed by atoms with Crippen LogP contribution in [-0.4, -0.2) is 43.3 Å². The number of hydrogen-bond donors (Lipinski definition) is 1. The zero-order chi connectivity index (χ0) is 13.1. The summed E-state index contributed by atoms with van der Waals surface area (Å²) in [6, 6.07) is 9.30. The van der Waals surface area contributed by atoms with Crippen LogP contribution < -0.4 is 5.32 Å². The average Bonchev–Trinajstić information content (AvgIpc) is 3.23. The fourth-order valence-electron chi connectivity index (χ4n) is 2.66. The maximum Gasteiger partial charge on any atom is 0.0826 e. The van der Waals surface area contributed by atoms with Crippen molar-refractivity contribution in [2.24, 2.45) is 0 Å². The minimum absolute atomic E-state index is 0.349. The van der Waals surface area contributed by atoms with Crippen LogP contribution in [0.15, 0.2) is 28.7 Å². The van der Waals surface area contributed by atoms with Gasteiger partial charge >= 0.3 is 0 Å². The maximum absolute atomic E-state index is 5.83. The van der Waals surface area contributed by atoms with Crippen LogP contribution >= 0.6 is 15.9 Å². The predicted molar refractivity (Wildman–Crippen MR) is 80.2 cm³/mol. The van der Waals surface area contributed by atoms with Gasteiger partial charge in [-0.25, -0.2) is 0 Å². The summed E-state index contributed by atoms with van der Waals surface area (Å²) in [7, 11) is 0. The molecule has 0 aromatic heterocycles. The van der Waals surface area contributed by atoms with Crippen LogP contribution in [0.1, 0.15) is 18.4 Å². The largest absolute Gasteiger partial charge is 0.374 e. The molecule has 3 rings (SSSR count). The third-order valence-corrected chi connectivity index (χ3v) is 4.32. The van der Waals surface area contributed by atoms with E-state index in [1.807, 2.05) is 0 Å². The molecule has 0 bridgehead atoms.